The van der Waals surface area contributed by atoms with Crippen molar-refractivity contribution in [3.63, 3.8) is 0 Å². The molecule has 2 aromatic carbocycles. The van der Waals surface area contributed by atoms with Gasteiger partial charge in [0.2, 0.25) is 5.95 Å². The standard InChI is InChI=1S/C16H14N6O/c1-23-13-5-2-10(3-6-13)15-19-16(22-21-15)18-12-4-7-14-11(8-12)9-17-20-14/h2-9H,1H3,(H,17,20)(H2,18,19,21,22). The van der Waals surface area contributed by atoms with Crippen LogP contribution in [0.2, 0.25) is 0 Å². The van der Waals surface area contributed by atoms with Gasteiger partial charge in [-0.25, -0.2) is 0 Å². The Bertz CT molecular complexity index is 941. The molecule has 3 N–H and O–H groups in total. The summed E-state index contributed by atoms with van der Waals surface area (Å²) in [6.45, 7) is 0. The Morgan fingerprint density at radius 1 is 1.04 bits per heavy atom. The Kier molecular flexibility index (Phi) is 3.16. The average Bonchev–Trinajstić information content (AvgIpc) is 3.24. The first-order valence-corrected chi connectivity index (χ1v) is 7.09. The van der Waals surface area contributed by atoms with E-state index in [1.807, 2.05) is 42.5 Å². The van der Waals surface area contributed by atoms with E-state index in [-0.39, 0.29) is 0 Å². The summed E-state index contributed by atoms with van der Waals surface area (Å²) in [5.41, 5.74) is 2.83. The minimum atomic E-state index is 0.513. The van der Waals surface area contributed by atoms with Crippen LogP contribution in [-0.4, -0.2) is 32.5 Å². The molecule has 2 heterocycles. The zero-order valence-corrected chi connectivity index (χ0v) is 12.4. The molecule has 0 unspecified atom stereocenters. The third-order valence-electron chi connectivity index (χ3n) is 3.55. The second kappa shape index (κ2) is 5.45. The molecule has 4 aromatic rings. The highest BCUT2D eigenvalue weighted by Gasteiger charge is 2.07. The number of aromatic nitrogens is 5. The Hall–Kier alpha value is -3.35. The van der Waals surface area contributed by atoms with Crippen molar-refractivity contribution in [2.75, 3.05) is 12.4 Å². The molecule has 0 atom stereocenters. The third-order valence-corrected chi connectivity index (χ3v) is 3.55. The number of hydrogen-bond acceptors (Lipinski definition) is 5. The summed E-state index contributed by atoms with van der Waals surface area (Å²) in [4.78, 5) is 4.46. The lowest BCUT2D eigenvalue weighted by molar-refractivity contribution is 0.415. The number of benzene rings is 2. The lowest BCUT2D eigenvalue weighted by Gasteiger charge is -2.01. The maximum Gasteiger partial charge on any atom is 0.246 e. The van der Waals surface area contributed by atoms with Crippen molar-refractivity contribution in [3.8, 4) is 17.1 Å². The number of fused-ring (bicyclic) bond motifs is 1. The maximum absolute atomic E-state index is 5.15. The van der Waals surface area contributed by atoms with Crippen molar-refractivity contribution >= 4 is 22.5 Å². The third kappa shape index (κ3) is 2.59. The smallest absolute Gasteiger partial charge is 0.246 e. The summed E-state index contributed by atoms with van der Waals surface area (Å²) in [5.74, 6) is 2.01. The summed E-state index contributed by atoms with van der Waals surface area (Å²) in [5, 5.41) is 18.3. The van der Waals surface area contributed by atoms with Crippen LogP contribution in [0, 0.1) is 0 Å². The molecule has 114 valence electrons. The molecule has 0 aliphatic carbocycles. The lowest BCUT2D eigenvalue weighted by Crippen LogP contribution is -1.92. The Labute approximate surface area is 131 Å². The predicted octanol–water partition coefficient (Wildman–Crippen LogP) is 3.10. The van der Waals surface area contributed by atoms with E-state index in [1.54, 1.807) is 13.3 Å². The van der Waals surface area contributed by atoms with Gasteiger partial charge in [0.15, 0.2) is 5.82 Å². The van der Waals surface area contributed by atoms with Crippen LogP contribution in [0.3, 0.4) is 0 Å². The first kappa shape index (κ1) is 13.3. The molecule has 4 rings (SSSR count). The van der Waals surface area contributed by atoms with Crippen LogP contribution >= 0.6 is 0 Å². The summed E-state index contributed by atoms with van der Waals surface area (Å²) in [6, 6.07) is 13.5. The molecule has 0 aliphatic heterocycles. The van der Waals surface area contributed by atoms with Crippen molar-refractivity contribution < 1.29 is 4.74 Å². The van der Waals surface area contributed by atoms with E-state index in [0.717, 1.165) is 27.9 Å². The molecule has 0 amide bonds. The second-order valence-electron chi connectivity index (χ2n) is 5.03. The van der Waals surface area contributed by atoms with Crippen LogP contribution in [0.15, 0.2) is 48.7 Å². The minimum absolute atomic E-state index is 0.513. The predicted molar refractivity (Wildman–Crippen MR) is 87.7 cm³/mol. The number of aromatic amines is 2. The van der Waals surface area contributed by atoms with Gasteiger partial charge in [0.25, 0.3) is 0 Å². The number of rotatable bonds is 4. The van der Waals surface area contributed by atoms with Crippen molar-refractivity contribution in [1.29, 1.82) is 0 Å². The van der Waals surface area contributed by atoms with Crippen LogP contribution in [0.4, 0.5) is 11.6 Å². The number of ether oxygens (including phenoxy) is 1. The minimum Gasteiger partial charge on any atom is -0.497 e. The maximum atomic E-state index is 5.15. The largest absolute Gasteiger partial charge is 0.497 e. The van der Waals surface area contributed by atoms with E-state index in [1.165, 1.54) is 0 Å². The quantitative estimate of drug-likeness (QED) is 0.539. The molecule has 0 bridgehead atoms. The van der Waals surface area contributed by atoms with E-state index in [2.05, 4.69) is 30.7 Å². The summed E-state index contributed by atoms with van der Waals surface area (Å²) in [6.07, 6.45) is 1.78. The molecule has 2 aromatic heterocycles. The monoisotopic (exact) mass is 306 g/mol. The van der Waals surface area contributed by atoms with Crippen LogP contribution in [-0.2, 0) is 0 Å². The average molecular weight is 306 g/mol. The molecule has 0 saturated carbocycles. The number of nitrogens with zero attached hydrogens (tertiary/aromatic N) is 3. The van der Waals surface area contributed by atoms with Gasteiger partial charge in [0.05, 0.1) is 18.8 Å². The molecular formula is C16H14N6O. The van der Waals surface area contributed by atoms with E-state index < -0.39 is 0 Å². The van der Waals surface area contributed by atoms with Crippen molar-refractivity contribution in [2.45, 2.75) is 0 Å². The van der Waals surface area contributed by atoms with E-state index in [4.69, 9.17) is 4.74 Å². The Morgan fingerprint density at radius 2 is 1.91 bits per heavy atom. The molecule has 0 fully saturated rings. The van der Waals surface area contributed by atoms with Gasteiger partial charge < -0.3 is 10.1 Å². The normalized spacial score (nSPS) is 10.8. The Morgan fingerprint density at radius 3 is 2.74 bits per heavy atom. The van der Waals surface area contributed by atoms with Gasteiger partial charge >= 0.3 is 0 Å². The van der Waals surface area contributed by atoms with Crippen molar-refractivity contribution in [3.05, 3.63) is 48.7 Å². The number of H-pyrrole nitrogens is 2. The summed E-state index contributed by atoms with van der Waals surface area (Å²) in [7, 11) is 1.64. The highest BCUT2D eigenvalue weighted by Crippen LogP contribution is 2.22. The molecule has 0 spiro atoms. The van der Waals surface area contributed by atoms with Crippen LogP contribution in [0.5, 0.6) is 5.75 Å². The zero-order valence-electron chi connectivity index (χ0n) is 12.4. The summed E-state index contributed by atoms with van der Waals surface area (Å²) < 4.78 is 5.15. The Balaban J connectivity index is 1.56. The van der Waals surface area contributed by atoms with E-state index in [0.29, 0.717) is 11.8 Å². The van der Waals surface area contributed by atoms with Gasteiger partial charge in [-0.05, 0) is 42.5 Å². The van der Waals surface area contributed by atoms with E-state index in [9.17, 15) is 0 Å². The van der Waals surface area contributed by atoms with Crippen LogP contribution in [0.1, 0.15) is 0 Å². The molecule has 0 aliphatic rings. The fourth-order valence-electron chi connectivity index (χ4n) is 2.35. The van der Waals surface area contributed by atoms with E-state index >= 15 is 0 Å². The molecule has 23 heavy (non-hydrogen) atoms. The first-order chi connectivity index (χ1) is 11.3. The van der Waals surface area contributed by atoms with Crippen molar-refractivity contribution in [2.24, 2.45) is 0 Å². The molecule has 0 saturated heterocycles. The highest BCUT2D eigenvalue weighted by atomic mass is 16.5. The van der Waals surface area contributed by atoms with Crippen LogP contribution in [0.25, 0.3) is 22.3 Å². The fraction of sp³-hybridized carbons (Fsp3) is 0.0625. The summed E-state index contributed by atoms with van der Waals surface area (Å²) >= 11 is 0. The number of methoxy groups -OCH3 is 1. The van der Waals surface area contributed by atoms with Gasteiger partial charge in [-0.3, -0.25) is 10.2 Å². The second-order valence-corrected chi connectivity index (χ2v) is 5.03. The molecule has 7 heteroatoms. The van der Waals surface area contributed by atoms with Gasteiger partial charge in [-0.1, -0.05) is 0 Å². The topological polar surface area (TPSA) is 91.5 Å². The van der Waals surface area contributed by atoms with Gasteiger partial charge in [-0.2, -0.15) is 10.1 Å². The zero-order chi connectivity index (χ0) is 15.6. The molecular weight excluding hydrogens is 292 g/mol. The molecule has 0 radical (unpaired) electrons. The molecule has 7 nitrogen and oxygen atoms in total. The number of anilines is 2. The van der Waals surface area contributed by atoms with Gasteiger partial charge in [0, 0.05) is 16.6 Å². The first-order valence-electron chi connectivity index (χ1n) is 7.09. The van der Waals surface area contributed by atoms with Crippen LogP contribution < -0.4 is 10.1 Å². The number of hydrogen-bond donors (Lipinski definition) is 3. The van der Waals surface area contributed by atoms with Gasteiger partial charge in [-0.15, -0.1) is 5.10 Å². The fourth-order valence-corrected chi connectivity index (χ4v) is 2.35. The highest BCUT2D eigenvalue weighted by molar-refractivity contribution is 5.82. The van der Waals surface area contributed by atoms with Gasteiger partial charge in [0.1, 0.15) is 5.75 Å². The van der Waals surface area contributed by atoms with Crippen molar-refractivity contribution in [1.82, 2.24) is 25.4 Å². The lowest BCUT2D eigenvalue weighted by atomic mass is 10.2. The number of nitrogens with one attached hydrogen (secondary N) is 3. The SMILES string of the molecule is COc1ccc(-c2nc(Nc3ccc4[nH]ncc4c3)n[nH]2)cc1.